The number of rotatable bonds is 7. The van der Waals surface area contributed by atoms with Gasteiger partial charge in [-0.25, -0.2) is 13.4 Å². The molecule has 1 saturated heterocycles. The first-order valence-electron chi connectivity index (χ1n) is 11.3. The summed E-state index contributed by atoms with van der Waals surface area (Å²) in [5, 5.41) is 4.22. The summed E-state index contributed by atoms with van der Waals surface area (Å²) < 4.78 is 32.6. The molecule has 0 spiro atoms. The van der Waals surface area contributed by atoms with E-state index in [2.05, 4.69) is 5.32 Å². The van der Waals surface area contributed by atoms with Crippen molar-refractivity contribution in [1.82, 2.24) is 9.29 Å². The van der Waals surface area contributed by atoms with Crippen molar-refractivity contribution in [3.05, 3.63) is 54.1 Å². The van der Waals surface area contributed by atoms with Gasteiger partial charge in [-0.05, 0) is 68.7 Å². The number of amides is 1. The van der Waals surface area contributed by atoms with Gasteiger partial charge in [0.05, 0.1) is 22.3 Å². The highest BCUT2D eigenvalue weighted by atomic mass is 32.2. The highest BCUT2D eigenvalue weighted by Gasteiger charge is 2.26. The molecular weight excluding hydrogens is 470 g/mol. The molecule has 0 aliphatic carbocycles. The van der Waals surface area contributed by atoms with Crippen LogP contribution in [0.1, 0.15) is 31.7 Å². The zero-order valence-electron chi connectivity index (χ0n) is 19.6. The number of fused-ring (bicyclic) bond motifs is 1. The molecule has 0 bridgehead atoms. The fourth-order valence-corrected chi connectivity index (χ4v) is 6.46. The van der Waals surface area contributed by atoms with Gasteiger partial charge in [0.2, 0.25) is 15.9 Å². The van der Waals surface area contributed by atoms with Crippen LogP contribution in [-0.2, 0) is 14.8 Å². The van der Waals surface area contributed by atoms with E-state index in [9.17, 15) is 13.2 Å². The van der Waals surface area contributed by atoms with Gasteiger partial charge in [-0.3, -0.25) is 4.79 Å². The molecule has 2 heterocycles. The van der Waals surface area contributed by atoms with Gasteiger partial charge in [-0.2, -0.15) is 4.31 Å². The minimum atomic E-state index is -3.49. The quantitative estimate of drug-likeness (QED) is 0.468. The monoisotopic (exact) mass is 499 g/mol. The number of sulfonamides is 1. The van der Waals surface area contributed by atoms with Gasteiger partial charge in [0.1, 0.15) is 11.3 Å². The average molecular weight is 500 g/mol. The maximum absolute atomic E-state index is 12.8. The average Bonchev–Trinajstić information content (AvgIpc) is 2.84. The number of carbonyl (C=O) groups is 1. The number of anilines is 1. The summed E-state index contributed by atoms with van der Waals surface area (Å²) in [6.07, 6.45) is 2.84. The van der Waals surface area contributed by atoms with Crippen LogP contribution in [-0.4, -0.2) is 49.1 Å². The topological polar surface area (TPSA) is 88.6 Å². The zero-order chi connectivity index (χ0) is 24.3. The zero-order valence-corrected chi connectivity index (χ0v) is 21.2. The van der Waals surface area contributed by atoms with E-state index < -0.39 is 15.3 Å². The SMILES string of the molecule is COc1cccc2c(C)cc(SC(C)C(=O)Nc3ccc(S(=O)(=O)N4CCCCC4)cc3)nc12. The molecule has 1 atom stereocenters. The maximum Gasteiger partial charge on any atom is 0.243 e. The van der Waals surface area contributed by atoms with Crippen LogP contribution in [0.25, 0.3) is 10.9 Å². The first-order chi connectivity index (χ1) is 16.3. The van der Waals surface area contributed by atoms with Crippen LogP contribution in [0.15, 0.2) is 58.5 Å². The molecule has 1 aromatic heterocycles. The standard InChI is InChI=1S/C25H29N3O4S2/c1-17-16-23(27-24-21(17)8-7-9-22(24)32-3)33-18(2)25(29)26-19-10-12-20(13-11-19)34(30,31)28-14-5-4-6-15-28/h7-13,16,18H,4-6,14-15H2,1-3H3,(H,26,29). The molecule has 180 valence electrons. The number of methoxy groups -OCH3 is 1. The predicted octanol–water partition coefficient (Wildman–Crippen LogP) is 4.85. The number of pyridine rings is 1. The van der Waals surface area contributed by atoms with Crippen molar-refractivity contribution >= 4 is 44.3 Å². The second-order valence-electron chi connectivity index (χ2n) is 8.37. The van der Waals surface area contributed by atoms with Crippen LogP contribution < -0.4 is 10.1 Å². The number of nitrogens with zero attached hydrogens (tertiary/aromatic N) is 2. The Morgan fingerprint density at radius 2 is 1.82 bits per heavy atom. The number of thioether (sulfide) groups is 1. The number of nitrogens with one attached hydrogen (secondary N) is 1. The van der Waals surface area contributed by atoms with Gasteiger partial charge >= 0.3 is 0 Å². The van der Waals surface area contributed by atoms with Crippen molar-refractivity contribution in [3.63, 3.8) is 0 Å². The fraction of sp³-hybridized carbons (Fsp3) is 0.360. The van der Waals surface area contributed by atoms with Crippen molar-refractivity contribution in [2.24, 2.45) is 0 Å². The minimum Gasteiger partial charge on any atom is -0.494 e. The third-order valence-corrected chi connectivity index (χ3v) is 8.88. The summed E-state index contributed by atoms with van der Waals surface area (Å²) in [6.45, 7) is 4.95. The largest absolute Gasteiger partial charge is 0.494 e. The molecule has 7 nitrogen and oxygen atoms in total. The van der Waals surface area contributed by atoms with Gasteiger partial charge in [0.25, 0.3) is 0 Å². The van der Waals surface area contributed by atoms with Crippen LogP contribution in [0.4, 0.5) is 5.69 Å². The number of carbonyl (C=O) groups excluding carboxylic acids is 1. The van der Waals surface area contributed by atoms with Crippen molar-refractivity contribution < 1.29 is 17.9 Å². The number of hydrogen-bond donors (Lipinski definition) is 1. The number of aryl methyl sites for hydroxylation is 1. The highest BCUT2D eigenvalue weighted by Crippen LogP contribution is 2.31. The van der Waals surface area contributed by atoms with Gasteiger partial charge < -0.3 is 10.1 Å². The van der Waals surface area contributed by atoms with Crippen LogP contribution in [0.3, 0.4) is 0 Å². The second-order valence-corrected chi connectivity index (χ2v) is 11.7. The van der Waals surface area contributed by atoms with E-state index in [0.717, 1.165) is 40.8 Å². The molecule has 9 heteroatoms. The van der Waals surface area contributed by atoms with Gasteiger partial charge in [-0.1, -0.05) is 30.3 Å². The molecule has 1 amide bonds. The van der Waals surface area contributed by atoms with Gasteiger partial charge in [0, 0.05) is 24.2 Å². The summed E-state index contributed by atoms with van der Waals surface area (Å²) >= 11 is 1.36. The van der Waals surface area contributed by atoms with E-state index in [4.69, 9.17) is 9.72 Å². The Kier molecular flexibility index (Phi) is 7.45. The lowest BCUT2D eigenvalue weighted by Gasteiger charge is -2.25. The van der Waals surface area contributed by atoms with Crippen molar-refractivity contribution in [2.45, 2.75) is 48.3 Å². The Hall–Kier alpha value is -2.62. The van der Waals surface area contributed by atoms with E-state index >= 15 is 0 Å². The smallest absolute Gasteiger partial charge is 0.243 e. The predicted molar refractivity (Wildman–Crippen MR) is 136 cm³/mol. The molecule has 1 unspecified atom stereocenters. The van der Waals surface area contributed by atoms with Crippen molar-refractivity contribution in [1.29, 1.82) is 0 Å². The van der Waals surface area contributed by atoms with E-state index in [1.54, 1.807) is 31.4 Å². The Morgan fingerprint density at radius 3 is 2.50 bits per heavy atom. The third-order valence-electron chi connectivity index (χ3n) is 5.95. The van der Waals surface area contributed by atoms with Crippen LogP contribution in [0.2, 0.25) is 0 Å². The lowest BCUT2D eigenvalue weighted by Crippen LogP contribution is -2.35. The molecule has 0 radical (unpaired) electrons. The molecule has 1 fully saturated rings. The van der Waals surface area contributed by atoms with E-state index in [1.807, 2.05) is 38.1 Å². The lowest BCUT2D eigenvalue weighted by molar-refractivity contribution is -0.115. The normalized spacial score (nSPS) is 15.7. The summed E-state index contributed by atoms with van der Waals surface area (Å²) in [5.74, 6) is 0.510. The lowest BCUT2D eigenvalue weighted by atomic mass is 10.1. The Balaban J connectivity index is 1.44. The molecular formula is C25H29N3O4S2. The molecule has 2 aromatic carbocycles. The molecule has 1 N–H and O–H groups in total. The maximum atomic E-state index is 12.8. The first-order valence-corrected chi connectivity index (χ1v) is 13.6. The van der Waals surface area contributed by atoms with Crippen LogP contribution in [0, 0.1) is 6.92 Å². The van der Waals surface area contributed by atoms with Crippen LogP contribution >= 0.6 is 11.8 Å². The number of piperidine rings is 1. The molecule has 1 aliphatic heterocycles. The molecule has 34 heavy (non-hydrogen) atoms. The summed E-state index contributed by atoms with van der Waals surface area (Å²) in [4.78, 5) is 17.8. The molecule has 4 rings (SSSR count). The van der Waals surface area contributed by atoms with Crippen molar-refractivity contribution in [3.8, 4) is 5.75 Å². The Labute approximate surface area is 205 Å². The molecule has 3 aromatic rings. The first kappa shape index (κ1) is 24.5. The van der Waals surface area contributed by atoms with Gasteiger partial charge in [-0.15, -0.1) is 0 Å². The number of aromatic nitrogens is 1. The molecule has 0 saturated carbocycles. The van der Waals surface area contributed by atoms with E-state index in [0.29, 0.717) is 24.5 Å². The minimum absolute atomic E-state index is 0.184. The van der Waals surface area contributed by atoms with Crippen LogP contribution in [0.5, 0.6) is 5.75 Å². The molecule has 1 aliphatic rings. The fourth-order valence-electron chi connectivity index (χ4n) is 4.03. The summed E-state index contributed by atoms with van der Waals surface area (Å²) in [5.41, 5.74) is 2.38. The van der Waals surface area contributed by atoms with Crippen molar-refractivity contribution in [2.75, 3.05) is 25.5 Å². The third kappa shape index (κ3) is 5.21. The van der Waals surface area contributed by atoms with E-state index in [-0.39, 0.29) is 10.8 Å². The number of ether oxygens (including phenoxy) is 1. The summed E-state index contributed by atoms with van der Waals surface area (Å²) in [7, 11) is -1.88. The Morgan fingerprint density at radius 1 is 1.12 bits per heavy atom. The summed E-state index contributed by atoms with van der Waals surface area (Å²) in [6, 6.07) is 14.1. The number of hydrogen-bond acceptors (Lipinski definition) is 6. The van der Waals surface area contributed by atoms with E-state index in [1.165, 1.54) is 16.1 Å². The second kappa shape index (κ2) is 10.3. The number of benzene rings is 2. The number of para-hydroxylation sites is 1. The highest BCUT2D eigenvalue weighted by molar-refractivity contribution is 8.00. The van der Waals surface area contributed by atoms with Gasteiger partial charge in [0.15, 0.2) is 0 Å². The Bertz CT molecular complexity index is 1290.